The van der Waals surface area contributed by atoms with Crippen LogP contribution in [0.2, 0.25) is 0 Å². The molecule has 1 saturated carbocycles. The number of aromatic nitrogens is 1. The summed E-state index contributed by atoms with van der Waals surface area (Å²) in [4.78, 5) is 46.5. The minimum Gasteiger partial charge on any atom is -0.391 e. The summed E-state index contributed by atoms with van der Waals surface area (Å²) in [6.07, 6.45) is 0.0975. The maximum atomic E-state index is 13.7. The molecule has 4 N–H and O–H groups in total. The minimum absolute atomic E-state index is 0.0411. The van der Waals surface area contributed by atoms with Crippen LogP contribution in [0.1, 0.15) is 71.7 Å². The van der Waals surface area contributed by atoms with E-state index in [1.807, 2.05) is 65.8 Å². The highest BCUT2D eigenvalue weighted by Gasteiger charge is 2.52. The lowest BCUT2D eigenvalue weighted by Gasteiger charge is -2.35. The number of hydrogen-bond donors (Lipinski definition) is 4. The van der Waals surface area contributed by atoms with Gasteiger partial charge in [-0.05, 0) is 35.3 Å². The van der Waals surface area contributed by atoms with Crippen LogP contribution in [0.25, 0.3) is 10.4 Å². The summed E-state index contributed by atoms with van der Waals surface area (Å²) in [7, 11) is 0. The largest absolute Gasteiger partial charge is 0.391 e. The van der Waals surface area contributed by atoms with Gasteiger partial charge in [0.2, 0.25) is 17.7 Å². The third-order valence-corrected chi connectivity index (χ3v) is 8.83. The minimum atomic E-state index is -0.836. The Hall–Kier alpha value is -2.82. The molecule has 0 radical (unpaired) electrons. The van der Waals surface area contributed by atoms with Gasteiger partial charge in [0.15, 0.2) is 0 Å². The van der Waals surface area contributed by atoms with Crippen LogP contribution < -0.4 is 10.6 Å². The molecule has 1 aliphatic carbocycles. The fraction of sp³-hybridized carbons (Fsp3) is 0.586. The number of β-amino-alcohol motifs (C(OH)–C–C–N with tert-alkyl or cyclic N) is 1. The number of carbonyl (C=O) groups is 3. The molecule has 5 atom stereocenters. The van der Waals surface area contributed by atoms with Gasteiger partial charge in [0.1, 0.15) is 12.1 Å². The van der Waals surface area contributed by atoms with Crippen LogP contribution in [0.3, 0.4) is 0 Å². The van der Waals surface area contributed by atoms with Crippen molar-refractivity contribution in [1.29, 1.82) is 0 Å². The van der Waals surface area contributed by atoms with E-state index in [9.17, 15) is 24.6 Å². The molecule has 1 aromatic carbocycles. The van der Waals surface area contributed by atoms with Gasteiger partial charge in [0.05, 0.1) is 34.8 Å². The van der Waals surface area contributed by atoms with Crippen LogP contribution in [-0.2, 0) is 21.0 Å². The molecule has 2 heterocycles. The highest BCUT2D eigenvalue weighted by Crippen LogP contribution is 2.51. The lowest BCUT2D eigenvalue weighted by Crippen LogP contribution is -2.58. The summed E-state index contributed by atoms with van der Waals surface area (Å²) in [5, 5.41) is 25.9. The zero-order valence-electron chi connectivity index (χ0n) is 23.5. The van der Waals surface area contributed by atoms with E-state index >= 15 is 0 Å². The predicted octanol–water partition coefficient (Wildman–Crippen LogP) is 3.02. The van der Waals surface area contributed by atoms with Crippen molar-refractivity contribution < 1.29 is 24.6 Å². The first-order valence-electron chi connectivity index (χ1n) is 13.5. The Labute approximate surface area is 234 Å². The van der Waals surface area contributed by atoms with E-state index in [0.717, 1.165) is 22.4 Å². The van der Waals surface area contributed by atoms with E-state index in [2.05, 4.69) is 15.6 Å². The van der Waals surface area contributed by atoms with E-state index in [4.69, 9.17) is 0 Å². The molecule has 2 fully saturated rings. The van der Waals surface area contributed by atoms with Gasteiger partial charge >= 0.3 is 0 Å². The third kappa shape index (κ3) is 6.34. The number of thiazole rings is 1. The van der Waals surface area contributed by atoms with Gasteiger partial charge in [-0.25, -0.2) is 4.98 Å². The van der Waals surface area contributed by atoms with Crippen molar-refractivity contribution in [3.05, 3.63) is 41.0 Å². The van der Waals surface area contributed by atoms with Gasteiger partial charge in [-0.1, -0.05) is 58.9 Å². The van der Waals surface area contributed by atoms with Crippen molar-refractivity contribution >= 4 is 29.1 Å². The molecule has 1 saturated heterocycles. The summed E-state index contributed by atoms with van der Waals surface area (Å²) in [5.74, 6) is -0.969. The zero-order valence-corrected chi connectivity index (χ0v) is 24.3. The summed E-state index contributed by atoms with van der Waals surface area (Å²) in [6, 6.07) is 5.70. The SMILES string of the molecule is CC(NC(=O)C1CC(O)CN1C(=O)C(NC(=O)C1CC1(C)C)C(C)(C)C)c1ccc(-c2scnc2CO)cc1. The Morgan fingerprint density at radius 1 is 1.15 bits per heavy atom. The van der Waals surface area contributed by atoms with Crippen LogP contribution in [0, 0.1) is 16.7 Å². The Morgan fingerprint density at radius 2 is 1.79 bits per heavy atom. The maximum absolute atomic E-state index is 13.7. The molecule has 2 aromatic rings. The fourth-order valence-corrected chi connectivity index (χ4v) is 6.02. The summed E-state index contributed by atoms with van der Waals surface area (Å²) < 4.78 is 0. The number of likely N-dealkylation sites (tertiary alicyclic amines) is 1. The molecule has 4 rings (SSSR count). The second kappa shape index (κ2) is 11.0. The van der Waals surface area contributed by atoms with E-state index in [0.29, 0.717) is 5.69 Å². The summed E-state index contributed by atoms with van der Waals surface area (Å²) in [6.45, 7) is 11.5. The van der Waals surface area contributed by atoms with E-state index in [1.54, 1.807) is 5.51 Å². The van der Waals surface area contributed by atoms with Gasteiger partial charge < -0.3 is 25.7 Å². The average molecular weight is 557 g/mol. The summed E-state index contributed by atoms with van der Waals surface area (Å²) in [5.41, 5.74) is 3.49. The number of nitrogens with one attached hydrogen (secondary N) is 2. The number of nitrogens with zero attached hydrogens (tertiary/aromatic N) is 2. The fourth-order valence-electron chi connectivity index (χ4n) is 5.21. The molecule has 10 heteroatoms. The monoisotopic (exact) mass is 556 g/mol. The molecule has 2 aliphatic rings. The van der Waals surface area contributed by atoms with Crippen LogP contribution in [0.4, 0.5) is 0 Å². The molecule has 9 nitrogen and oxygen atoms in total. The standard InChI is InChI=1S/C29H40N4O5S/c1-16(17-7-9-18(10-8-17)23-21(14-34)30-15-39-23)31-26(37)22-11-19(35)13-33(22)27(38)24(28(2,3)4)32-25(36)20-12-29(20,5)6/h7-10,15-16,19-20,22,24,34-35H,11-14H2,1-6H3,(H,31,37)(H,32,36). The van der Waals surface area contributed by atoms with Crippen LogP contribution in [0.15, 0.2) is 29.8 Å². The van der Waals surface area contributed by atoms with Crippen molar-refractivity contribution in [2.24, 2.45) is 16.7 Å². The highest BCUT2D eigenvalue weighted by molar-refractivity contribution is 7.13. The molecule has 1 aromatic heterocycles. The number of aliphatic hydroxyl groups excluding tert-OH is 2. The normalized spacial score (nSPS) is 23.7. The van der Waals surface area contributed by atoms with Gasteiger partial charge in [0, 0.05) is 18.9 Å². The first-order valence-corrected chi connectivity index (χ1v) is 14.3. The third-order valence-electron chi connectivity index (χ3n) is 7.92. The van der Waals surface area contributed by atoms with Crippen molar-refractivity contribution in [3.63, 3.8) is 0 Å². The molecule has 1 aliphatic heterocycles. The smallest absolute Gasteiger partial charge is 0.246 e. The summed E-state index contributed by atoms with van der Waals surface area (Å²) >= 11 is 1.46. The topological polar surface area (TPSA) is 132 Å². The lowest BCUT2D eigenvalue weighted by molar-refractivity contribution is -0.144. The Kier molecular flexibility index (Phi) is 8.21. The Bertz CT molecular complexity index is 1220. The molecule has 3 amide bonds. The van der Waals surface area contributed by atoms with E-state index in [-0.39, 0.29) is 54.7 Å². The first kappa shape index (κ1) is 29.2. The molecular weight excluding hydrogens is 516 g/mol. The van der Waals surface area contributed by atoms with Crippen molar-refractivity contribution in [2.45, 2.75) is 85.2 Å². The van der Waals surface area contributed by atoms with E-state index in [1.165, 1.54) is 16.2 Å². The Balaban J connectivity index is 1.45. The molecule has 0 spiro atoms. The molecular formula is C29H40N4O5S. The van der Waals surface area contributed by atoms with Crippen LogP contribution >= 0.6 is 11.3 Å². The predicted molar refractivity (Wildman–Crippen MR) is 149 cm³/mol. The molecule has 39 heavy (non-hydrogen) atoms. The number of rotatable bonds is 8. The average Bonchev–Trinajstić information content (AvgIpc) is 3.19. The molecule has 212 valence electrons. The number of amides is 3. The quantitative estimate of drug-likeness (QED) is 0.395. The number of carbonyl (C=O) groups excluding carboxylic acids is 3. The van der Waals surface area contributed by atoms with Crippen molar-refractivity contribution in [1.82, 2.24) is 20.5 Å². The number of aliphatic hydroxyl groups is 2. The lowest BCUT2D eigenvalue weighted by atomic mass is 9.85. The highest BCUT2D eigenvalue weighted by atomic mass is 32.1. The maximum Gasteiger partial charge on any atom is 0.246 e. The van der Waals surface area contributed by atoms with E-state index < -0.39 is 23.6 Å². The van der Waals surface area contributed by atoms with Gasteiger partial charge in [-0.3, -0.25) is 14.4 Å². The second-order valence-electron chi connectivity index (χ2n) is 12.6. The first-order chi connectivity index (χ1) is 18.2. The number of hydrogen-bond acceptors (Lipinski definition) is 7. The number of benzene rings is 1. The van der Waals surface area contributed by atoms with Crippen molar-refractivity contribution in [2.75, 3.05) is 6.54 Å². The van der Waals surface area contributed by atoms with Gasteiger partial charge in [-0.2, -0.15) is 0 Å². The molecule has 0 bridgehead atoms. The van der Waals surface area contributed by atoms with Crippen molar-refractivity contribution in [3.8, 4) is 10.4 Å². The molecule has 5 unspecified atom stereocenters. The van der Waals surface area contributed by atoms with Crippen LogP contribution in [0.5, 0.6) is 0 Å². The second-order valence-corrected chi connectivity index (χ2v) is 13.4. The zero-order chi connectivity index (χ0) is 28.7. The Morgan fingerprint density at radius 3 is 2.36 bits per heavy atom. The van der Waals surface area contributed by atoms with Crippen LogP contribution in [-0.4, -0.2) is 62.6 Å². The van der Waals surface area contributed by atoms with Gasteiger partial charge in [-0.15, -0.1) is 11.3 Å². The van der Waals surface area contributed by atoms with Gasteiger partial charge in [0.25, 0.3) is 0 Å².